The molecule has 0 radical (unpaired) electrons. The Balaban J connectivity index is 2.77. The maximum absolute atomic E-state index is 11.3. The monoisotopic (exact) mass is 237 g/mol. The summed E-state index contributed by atoms with van der Waals surface area (Å²) in [5.41, 5.74) is 0.429. The second kappa shape index (κ2) is 6.37. The Morgan fingerprint density at radius 2 is 2.00 bits per heavy atom. The number of nitrogens with one attached hydrogen (secondary N) is 3. The van der Waals surface area contributed by atoms with Crippen molar-refractivity contribution in [2.75, 3.05) is 18.9 Å². The summed E-state index contributed by atoms with van der Waals surface area (Å²) in [6, 6.07) is 6.31. The van der Waals surface area contributed by atoms with Crippen molar-refractivity contribution in [2.45, 2.75) is 6.92 Å². The fourth-order valence-electron chi connectivity index (χ4n) is 1.12. The highest BCUT2D eigenvalue weighted by atomic mass is 16.6. The largest absolute Gasteiger partial charge is 0.412 e. The number of anilines is 1. The van der Waals surface area contributed by atoms with E-state index in [1.807, 2.05) is 0 Å². The van der Waals surface area contributed by atoms with E-state index >= 15 is 0 Å². The topological polar surface area (TPSA) is 79.5 Å². The maximum Gasteiger partial charge on any atom is 0.412 e. The molecular weight excluding hydrogens is 222 g/mol. The Bertz CT molecular complexity index is 407. The molecule has 0 saturated carbocycles. The van der Waals surface area contributed by atoms with Gasteiger partial charge in [0.25, 0.3) is 0 Å². The van der Waals surface area contributed by atoms with Gasteiger partial charge in [0.2, 0.25) is 0 Å². The molecule has 6 heteroatoms. The SMILES string of the molecule is CCNC(=O)Oc1ccccc1NC(=O)NC. The average Bonchev–Trinajstić information content (AvgIpc) is 2.31. The molecule has 0 unspecified atom stereocenters. The lowest BCUT2D eigenvalue weighted by Crippen LogP contribution is -2.28. The molecule has 0 aromatic heterocycles. The number of carbonyl (C=O) groups is 2. The van der Waals surface area contributed by atoms with Crippen LogP contribution < -0.4 is 20.7 Å². The molecule has 0 fully saturated rings. The highest BCUT2D eigenvalue weighted by Gasteiger charge is 2.09. The van der Waals surface area contributed by atoms with Crippen LogP contribution in [0.3, 0.4) is 0 Å². The third-order valence-corrected chi connectivity index (χ3v) is 1.89. The van der Waals surface area contributed by atoms with Crippen molar-refractivity contribution in [3.05, 3.63) is 24.3 Å². The third kappa shape index (κ3) is 4.02. The second-order valence-electron chi connectivity index (χ2n) is 3.12. The summed E-state index contributed by atoms with van der Waals surface area (Å²) in [6.45, 7) is 2.26. The van der Waals surface area contributed by atoms with Gasteiger partial charge in [0.1, 0.15) is 0 Å². The van der Waals surface area contributed by atoms with Crippen LogP contribution in [0.1, 0.15) is 6.92 Å². The molecular formula is C11H15N3O3. The lowest BCUT2D eigenvalue weighted by Gasteiger charge is -2.10. The molecule has 1 aromatic carbocycles. The van der Waals surface area contributed by atoms with E-state index in [0.29, 0.717) is 18.0 Å². The van der Waals surface area contributed by atoms with E-state index in [-0.39, 0.29) is 6.03 Å². The van der Waals surface area contributed by atoms with Crippen LogP contribution in [0.4, 0.5) is 15.3 Å². The fourth-order valence-corrected chi connectivity index (χ4v) is 1.12. The molecule has 17 heavy (non-hydrogen) atoms. The van der Waals surface area contributed by atoms with E-state index in [2.05, 4.69) is 16.0 Å². The van der Waals surface area contributed by atoms with Crippen LogP contribution in [0.25, 0.3) is 0 Å². The van der Waals surface area contributed by atoms with Crippen LogP contribution in [0, 0.1) is 0 Å². The van der Waals surface area contributed by atoms with Crippen molar-refractivity contribution in [1.82, 2.24) is 10.6 Å². The Morgan fingerprint density at radius 3 is 2.65 bits per heavy atom. The van der Waals surface area contributed by atoms with Gasteiger partial charge >= 0.3 is 12.1 Å². The van der Waals surface area contributed by atoms with Crippen molar-refractivity contribution in [3.8, 4) is 5.75 Å². The smallest absolute Gasteiger partial charge is 0.408 e. The zero-order valence-electron chi connectivity index (χ0n) is 9.74. The molecule has 92 valence electrons. The highest BCUT2D eigenvalue weighted by Crippen LogP contribution is 2.23. The molecule has 3 N–H and O–H groups in total. The number of ether oxygens (including phenoxy) is 1. The molecule has 3 amide bonds. The maximum atomic E-state index is 11.3. The van der Waals surface area contributed by atoms with Crippen LogP contribution >= 0.6 is 0 Å². The molecule has 0 heterocycles. The van der Waals surface area contributed by atoms with Crippen LogP contribution in [0.5, 0.6) is 5.75 Å². The van der Waals surface area contributed by atoms with Crippen LogP contribution in [-0.4, -0.2) is 25.7 Å². The Labute approximate surface area is 99.3 Å². The number of carbonyl (C=O) groups excluding carboxylic acids is 2. The van der Waals surface area contributed by atoms with Gasteiger partial charge in [-0.1, -0.05) is 12.1 Å². The minimum Gasteiger partial charge on any atom is -0.408 e. The summed E-state index contributed by atoms with van der Waals surface area (Å²) >= 11 is 0. The van der Waals surface area contributed by atoms with E-state index < -0.39 is 6.09 Å². The number of hydrogen-bond donors (Lipinski definition) is 3. The quantitative estimate of drug-likeness (QED) is 0.746. The molecule has 0 atom stereocenters. The molecule has 1 aromatic rings. The van der Waals surface area contributed by atoms with Crippen molar-refractivity contribution in [2.24, 2.45) is 0 Å². The lowest BCUT2D eigenvalue weighted by molar-refractivity contribution is 0.201. The van der Waals surface area contributed by atoms with Crippen LogP contribution in [0.15, 0.2) is 24.3 Å². The summed E-state index contributed by atoms with van der Waals surface area (Å²) in [5, 5.41) is 7.46. The lowest BCUT2D eigenvalue weighted by atomic mass is 10.3. The first-order valence-corrected chi connectivity index (χ1v) is 5.20. The zero-order chi connectivity index (χ0) is 12.7. The molecule has 0 aliphatic rings. The van der Waals surface area contributed by atoms with Crippen molar-refractivity contribution >= 4 is 17.8 Å². The van der Waals surface area contributed by atoms with Gasteiger partial charge in [0.15, 0.2) is 5.75 Å². The number of para-hydroxylation sites is 2. The molecule has 6 nitrogen and oxygen atoms in total. The van der Waals surface area contributed by atoms with Crippen LogP contribution in [-0.2, 0) is 0 Å². The Morgan fingerprint density at radius 1 is 1.29 bits per heavy atom. The van der Waals surface area contributed by atoms with Gasteiger partial charge in [-0.05, 0) is 19.1 Å². The Hall–Kier alpha value is -2.24. The molecule has 0 saturated heterocycles. The summed E-state index contributed by atoms with van der Waals surface area (Å²) < 4.78 is 5.04. The first-order chi connectivity index (χ1) is 8.17. The minimum atomic E-state index is -0.557. The summed E-state index contributed by atoms with van der Waals surface area (Å²) in [4.78, 5) is 22.4. The summed E-state index contributed by atoms with van der Waals surface area (Å²) in [7, 11) is 1.50. The number of amides is 3. The van der Waals surface area contributed by atoms with Gasteiger partial charge in [-0.25, -0.2) is 9.59 Å². The van der Waals surface area contributed by atoms with E-state index in [1.165, 1.54) is 7.05 Å². The summed E-state index contributed by atoms with van der Waals surface area (Å²) in [5.74, 6) is 0.294. The van der Waals surface area contributed by atoms with Crippen molar-refractivity contribution < 1.29 is 14.3 Å². The van der Waals surface area contributed by atoms with Gasteiger partial charge in [-0.2, -0.15) is 0 Å². The first-order valence-electron chi connectivity index (χ1n) is 5.20. The van der Waals surface area contributed by atoms with Crippen molar-refractivity contribution in [3.63, 3.8) is 0 Å². The van der Waals surface area contributed by atoms with E-state index in [1.54, 1.807) is 31.2 Å². The van der Waals surface area contributed by atoms with E-state index in [4.69, 9.17) is 4.74 Å². The van der Waals surface area contributed by atoms with E-state index in [0.717, 1.165) is 0 Å². The second-order valence-corrected chi connectivity index (χ2v) is 3.12. The van der Waals surface area contributed by atoms with Gasteiger partial charge in [-0.3, -0.25) is 0 Å². The molecule has 0 spiro atoms. The van der Waals surface area contributed by atoms with E-state index in [9.17, 15) is 9.59 Å². The normalized spacial score (nSPS) is 9.29. The van der Waals surface area contributed by atoms with Gasteiger partial charge in [-0.15, -0.1) is 0 Å². The van der Waals surface area contributed by atoms with Gasteiger partial charge in [0, 0.05) is 13.6 Å². The number of benzene rings is 1. The predicted octanol–water partition coefficient (Wildman–Crippen LogP) is 1.55. The minimum absolute atomic E-state index is 0.294. The van der Waals surface area contributed by atoms with Crippen molar-refractivity contribution in [1.29, 1.82) is 0 Å². The molecule has 0 aliphatic carbocycles. The highest BCUT2D eigenvalue weighted by molar-refractivity contribution is 5.91. The first kappa shape index (κ1) is 12.8. The average molecular weight is 237 g/mol. The van der Waals surface area contributed by atoms with Crippen LogP contribution in [0.2, 0.25) is 0 Å². The molecule has 0 aliphatic heterocycles. The summed E-state index contributed by atoms with van der Waals surface area (Å²) in [6.07, 6.45) is -0.557. The number of urea groups is 1. The fraction of sp³-hybridized carbons (Fsp3) is 0.273. The molecule has 0 bridgehead atoms. The molecule has 1 rings (SSSR count). The third-order valence-electron chi connectivity index (χ3n) is 1.89. The Kier molecular flexibility index (Phi) is 4.80. The predicted molar refractivity (Wildman–Crippen MR) is 64.2 cm³/mol. The standard InChI is InChI=1S/C11H15N3O3/c1-3-13-11(16)17-9-7-5-4-6-8(9)14-10(15)12-2/h4-7H,3H2,1-2H3,(H,13,16)(H2,12,14,15). The van der Waals surface area contributed by atoms with Gasteiger partial charge < -0.3 is 20.7 Å². The number of rotatable bonds is 3. The zero-order valence-corrected chi connectivity index (χ0v) is 9.74. The van der Waals surface area contributed by atoms with Gasteiger partial charge in [0.05, 0.1) is 5.69 Å². The number of hydrogen-bond acceptors (Lipinski definition) is 3.